The first kappa shape index (κ1) is 56.7. The maximum atomic E-state index is 15.2. The summed E-state index contributed by atoms with van der Waals surface area (Å²) < 4.78 is 12.3. The number of hydroxylamine groups is 2. The maximum Gasteiger partial charge on any atom is 0.331 e. The lowest BCUT2D eigenvalue weighted by Gasteiger charge is -2.49. The fourth-order valence-electron chi connectivity index (χ4n) is 9.32. The minimum absolute atomic E-state index is 0.0668. The molecule has 4 fully saturated rings. The van der Waals surface area contributed by atoms with E-state index < -0.39 is 126 Å². The molecule has 388 valence electrons. The number of carbonyl (C=O) groups is 8. The monoisotopic (exact) mass is 977 g/mol. The van der Waals surface area contributed by atoms with Crippen molar-refractivity contribution in [3.8, 4) is 0 Å². The second-order valence-corrected chi connectivity index (χ2v) is 19.4. The maximum absolute atomic E-state index is 15.2. The van der Waals surface area contributed by atoms with E-state index in [9.17, 15) is 54.1 Å². The molecule has 13 atom stereocenters. The number of esters is 1. The number of cyclic esters (lactones) is 1. The van der Waals surface area contributed by atoms with Gasteiger partial charge in [-0.25, -0.2) is 20.7 Å². The Labute approximate surface area is 404 Å². The van der Waals surface area contributed by atoms with Crippen LogP contribution in [0.3, 0.4) is 0 Å². The van der Waals surface area contributed by atoms with E-state index in [0.717, 1.165) is 14.9 Å². The molecule has 4 rings (SSSR count). The minimum Gasteiger partial charge on any atom is -0.458 e. The molecule has 0 spiro atoms. The summed E-state index contributed by atoms with van der Waals surface area (Å²) in [6.45, 7) is 17.4. The number of nitrogens with zero attached hydrogens (tertiary/aromatic N) is 4. The number of hydrogen-bond acceptors (Lipinski definition) is 16. The van der Waals surface area contributed by atoms with Gasteiger partial charge in [-0.05, 0) is 103 Å². The standard InChI is InChI=1S/C47H76N8O14/c1-13-25(5)36(57)27(7)23-28(8)38-26(6)19-20-47(66,69-38)46(65,14-2)45(64)51-35-37(24(3)4)68-44(63)34(31(11)56)50-39(58)32-17-15-21-48-53(32)41(60)29(9)52(12)40(59)30(10)55(67)42(61)33-18-16-22-49-54(33)43(35)62/h13,23-24,26-27,29-35,37-38,48-49,56,65-67H,14-22H2,1-12H3,(H,50,58)(H,51,64)/b25-13+,28-23+/t26-,27-,29+,30-,31-,32?,33?,34?,35-,37-,38-,46+,47+/m0/s1. The van der Waals surface area contributed by atoms with E-state index in [1.54, 1.807) is 39.8 Å². The fourth-order valence-corrected chi connectivity index (χ4v) is 9.32. The molecular weight excluding hydrogens is 901 g/mol. The average Bonchev–Trinajstić information content (AvgIpc) is 3.33. The van der Waals surface area contributed by atoms with Gasteiger partial charge in [0.2, 0.25) is 17.6 Å². The molecule has 0 aromatic heterocycles. The van der Waals surface area contributed by atoms with Crippen molar-refractivity contribution < 1.29 is 68.4 Å². The van der Waals surface area contributed by atoms with E-state index >= 15 is 4.79 Å². The van der Waals surface area contributed by atoms with E-state index in [-0.39, 0.29) is 62.0 Å². The van der Waals surface area contributed by atoms with E-state index in [1.165, 1.54) is 48.6 Å². The number of ketones is 1. The zero-order valence-electron chi connectivity index (χ0n) is 42.1. The molecule has 0 bridgehead atoms. The lowest BCUT2D eigenvalue weighted by atomic mass is 9.78. The van der Waals surface area contributed by atoms with Gasteiger partial charge in [-0.15, -0.1) is 0 Å². The van der Waals surface area contributed by atoms with Gasteiger partial charge in [-0.2, -0.15) is 0 Å². The van der Waals surface area contributed by atoms with Gasteiger partial charge in [0, 0.05) is 32.5 Å². The van der Waals surface area contributed by atoms with Crippen LogP contribution in [0.15, 0.2) is 23.3 Å². The van der Waals surface area contributed by atoms with Gasteiger partial charge >= 0.3 is 5.97 Å². The van der Waals surface area contributed by atoms with E-state index in [4.69, 9.17) is 9.47 Å². The molecule has 4 aliphatic rings. The number of amides is 6. The van der Waals surface area contributed by atoms with Crippen LogP contribution >= 0.6 is 0 Å². The van der Waals surface area contributed by atoms with Crippen LogP contribution in [-0.2, 0) is 47.8 Å². The minimum atomic E-state index is -2.80. The number of fused-ring (bicyclic) bond motifs is 2. The quantitative estimate of drug-likeness (QED) is 0.0625. The van der Waals surface area contributed by atoms with Crippen molar-refractivity contribution in [2.24, 2.45) is 17.8 Å². The number of carbonyl (C=O) groups excluding carboxylic acids is 8. The summed E-state index contributed by atoms with van der Waals surface area (Å²) in [6.07, 6.45) is -0.537. The zero-order valence-corrected chi connectivity index (χ0v) is 42.1. The number of aliphatic hydroxyl groups is 3. The van der Waals surface area contributed by atoms with Crippen molar-refractivity contribution in [3.63, 3.8) is 0 Å². The van der Waals surface area contributed by atoms with Crippen molar-refractivity contribution in [1.82, 2.24) is 41.5 Å². The van der Waals surface area contributed by atoms with Crippen molar-refractivity contribution in [2.75, 3.05) is 20.1 Å². The molecule has 0 aliphatic carbocycles. The van der Waals surface area contributed by atoms with Crippen molar-refractivity contribution >= 4 is 47.2 Å². The molecule has 69 heavy (non-hydrogen) atoms. The molecule has 0 saturated carbocycles. The smallest absolute Gasteiger partial charge is 0.331 e. The Hall–Kier alpha value is -4.84. The summed E-state index contributed by atoms with van der Waals surface area (Å²) in [5.74, 6) is -11.7. The van der Waals surface area contributed by atoms with Gasteiger partial charge in [0.25, 0.3) is 23.6 Å². The number of rotatable bonds is 10. The third-order valence-electron chi connectivity index (χ3n) is 14.1. The highest BCUT2D eigenvalue weighted by molar-refractivity contribution is 5.98. The Kier molecular flexibility index (Phi) is 19.2. The van der Waals surface area contributed by atoms with Crippen LogP contribution < -0.4 is 21.5 Å². The molecule has 22 nitrogen and oxygen atoms in total. The molecule has 6 amide bonds. The van der Waals surface area contributed by atoms with Crippen LogP contribution in [0.2, 0.25) is 0 Å². The Morgan fingerprint density at radius 2 is 1.48 bits per heavy atom. The van der Waals surface area contributed by atoms with Crippen LogP contribution in [0, 0.1) is 17.8 Å². The first-order chi connectivity index (χ1) is 32.2. The molecule has 8 N–H and O–H groups in total. The summed E-state index contributed by atoms with van der Waals surface area (Å²) in [6, 6.07) is -9.46. The zero-order chi connectivity index (χ0) is 52.0. The Balaban J connectivity index is 1.85. The van der Waals surface area contributed by atoms with E-state index in [1.807, 2.05) is 6.92 Å². The molecule has 0 aromatic rings. The van der Waals surface area contributed by atoms with Crippen molar-refractivity contribution in [2.45, 2.75) is 187 Å². The third kappa shape index (κ3) is 12.0. The molecule has 22 heteroatoms. The van der Waals surface area contributed by atoms with Gasteiger partial charge in [0.1, 0.15) is 36.3 Å². The SMILES string of the molecule is C/C=C(\C)C(=O)[C@@H](C)/C=C(\C)[C@H]1O[C@@](O)([C@@](O)(CC)C(=O)N[C@@H]2C(=O)N3NCCCC3C(=O)N(O)[C@@H](C)C(=O)N(C)[C@H](C)C(=O)N3NCCCC3C(=O)NC([C@H](C)O)C(=O)O[C@H]2C(C)C)CC[C@@H]1C. The first-order valence-electron chi connectivity index (χ1n) is 24.1. The van der Waals surface area contributed by atoms with Gasteiger partial charge in [-0.3, -0.25) is 48.8 Å². The molecule has 4 aliphatic heterocycles. The summed E-state index contributed by atoms with van der Waals surface area (Å²) in [7, 11) is 1.28. The lowest BCUT2D eigenvalue weighted by Crippen LogP contribution is -2.71. The van der Waals surface area contributed by atoms with Crippen molar-refractivity contribution in [1.29, 1.82) is 0 Å². The number of hydrogen-bond donors (Lipinski definition) is 8. The number of ether oxygens (including phenoxy) is 2. The van der Waals surface area contributed by atoms with E-state index in [2.05, 4.69) is 21.5 Å². The van der Waals surface area contributed by atoms with Gasteiger partial charge in [-0.1, -0.05) is 46.8 Å². The molecule has 0 aromatic carbocycles. The second kappa shape index (κ2) is 23.4. The molecule has 3 unspecified atom stereocenters. The summed E-state index contributed by atoms with van der Waals surface area (Å²) in [4.78, 5) is 114. The Morgan fingerprint density at radius 1 is 0.899 bits per heavy atom. The number of likely N-dealkylation sites (N-methyl/N-ethyl adjacent to an activating group) is 1. The van der Waals surface area contributed by atoms with Gasteiger partial charge < -0.3 is 40.3 Å². The molecule has 4 saturated heterocycles. The highest BCUT2D eigenvalue weighted by Gasteiger charge is 2.59. The second-order valence-electron chi connectivity index (χ2n) is 19.4. The van der Waals surface area contributed by atoms with Crippen LogP contribution in [-0.4, -0.2) is 174 Å². The first-order valence-corrected chi connectivity index (χ1v) is 24.1. The van der Waals surface area contributed by atoms with Crippen LogP contribution in [0.25, 0.3) is 0 Å². The Bertz CT molecular complexity index is 2010. The highest BCUT2D eigenvalue weighted by Crippen LogP contribution is 2.42. The highest BCUT2D eigenvalue weighted by atomic mass is 16.7. The predicted molar refractivity (Wildman–Crippen MR) is 247 cm³/mol. The van der Waals surface area contributed by atoms with E-state index in [0.29, 0.717) is 17.6 Å². The molecule has 0 radical (unpaired) electrons. The topological polar surface area (TPSA) is 297 Å². The number of nitrogens with one attached hydrogen (secondary N) is 4. The lowest BCUT2D eigenvalue weighted by molar-refractivity contribution is -0.325. The van der Waals surface area contributed by atoms with Crippen LogP contribution in [0.5, 0.6) is 0 Å². The third-order valence-corrected chi connectivity index (χ3v) is 14.1. The molecular formula is C47H76N8O14. The predicted octanol–water partition coefficient (Wildman–Crippen LogP) is 0.125. The normalized spacial score (nSPS) is 33.0. The number of allylic oxidation sites excluding steroid dienone is 3. The summed E-state index contributed by atoms with van der Waals surface area (Å²) in [5.41, 5.74) is 4.01. The van der Waals surface area contributed by atoms with Crippen molar-refractivity contribution in [3.05, 3.63) is 23.3 Å². The fraction of sp³-hybridized carbons (Fsp3) is 0.745. The van der Waals surface area contributed by atoms with Crippen LogP contribution in [0.4, 0.5) is 0 Å². The molecule has 4 heterocycles. The average molecular weight is 977 g/mol. The number of aliphatic hydroxyl groups excluding tert-OH is 1. The van der Waals surface area contributed by atoms with Crippen LogP contribution in [0.1, 0.15) is 121 Å². The van der Waals surface area contributed by atoms with Gasteiger partial charge in [0.05, 0.1) is 12.2 Å². The largest absolute Gasteiger partial charge is 0.458 e. The summed E-state index contributed by atoms with van der Waals surface area (Å²) >= 11 is 0. The van der Waals surface area contributed by atoms with Gasteiger partial charge in [0.15, 0.2) is 17.4 Å². The number of Topliss-reactive ketones (excluding diaryl/α,β-unsaturated/α-hetero) is 1. The number of hydrazine groups is 2. The Morgan fingerprint density at radius 3 is 2.03 bits per heavy atom. The summed E-state index contributed by atoms with van der Waals surface area (Å²) in [5, 5.41) is 54.1.